The molecule has 1 unspecified atom stereocenters. The lowest BCUT2D eigenvalue weighted by molar-refractivity contribution is -0.123. The molecule has 4 aromatic rings. The maximum atomic E-state index is 13.0. The molecular formula is C25H23ClF3N7O4S. The van der Waals surface area contributed by atoms with E-state index < -0.39 is 34.8 Å². The van der Waals surface area contributed by atoms with Crippen LogP contribution in [0.15, 0.2) is 59.5 Å². The second-order valence-electron chi connectivity index (χ2n) is 8.83. The quantitative estimate of drug-likeness (QED) is 0.189. The number of fused-ring (bicyclic) bond motifs is 1. The molecule has 0 spiro atoms. The normalized spacial score (nSPS) is 12.7. The summed E-state index contributed by atoms with van der Waals surface area (Å²) in [6, 6.07) is 13.5. The summed E-state index contributed by atoms with van der Waals surface area (Å²) in [5, 5.41) is 22.3. The number of halogens is 4. The van der Waals surface area contributed by atoms with Crippen molar-refractivity contribution in [2.75, 3.05) is 22.5 Å². The van der Waals surface area contributed by atoms with E-state index in [-0.39, 0.29) is 44.9 Å². The Morgan fingerprint density at radius 1 is 1.05 bits per heavy atom. The van der Waals surface area contributed by atoms with Gasteiger partial charge in [-0.15, -0.1) is 0 Å². The number of alkyl halides is 3. The molecule has 0 aliphatic heterocycles. The molecule has 1 atom stereocenters. The Hall–Kier alpha value is -4.05. The van der Waals surface area contributed by atoms with Gasteiger partial charge in [-0.1, -0.05) is 29.8 Å². The fraction of sp³-hybridized carbons (Fsp3) is 0.200. The summed E-state index contributed by atoms with van der Waals surface area (Å²) in [4.78, 5) is 24.7. The number of hydrogen-bond acceptors (Lipinski definition) is 9. The van der Waals surface area contributed by atoms with E-state index in [2.05, 4.69) is 30.9 Å². The zero-order chi connectivity index (χ0) is 29.9. The van der Waals surface area contributed by atoms with Gasteiger partial charge in [-0.05, 0) is 48.9 Å². The van der Waals surface area contributed by atoms with Crippen molar-refractivity contribution in [3.8, 4) is 11.3 Å². The maximum absolute atomic E-state index is 13.0. The molecular weight excluding hydrogens is 587 g/mol. The summed E-state index contributed by atoms with van der Waals surface area (Å²) in [7, 11) is -3.86. The Bertz CT molecular complexity index is 1700. The van der Waals surface area contributed by atoms with Gasteiger partial charge in [-0.25, -0.2) is 23.5 Å². The van der Waals surface area contributed by atoms with Crippen LogP contribution in [0.4, 0.5) is 30.6 Å². The van der Waals surface area contributed by atoms with E-state index in [1.54, 1.807) is 18.2 Å². The predicted octanol–water partition coefficient (Wildman–Crippen LogP) is 3.90. The summed E-state index contributed by atoms with van der Waals surface area (Å²) in [5.74, 6) is -0.812. The first-order valence-electron chi connectivity index (χ1n) is 11.8. The number of carbonyl (C=O) groups excluding carboxylic acids is 1. The lowest BCUT2D eigenvalue weighted by Crippen LogP contribution is -2.24. The van der Waals surface area contributed by atoms with Crippen LogP contribution in [0.1, 0.15) is 12.5 Å². The number of hydrogen-bond donors (Lipinski definition) is 5. The zero-order valence-corrected chi connectivity index (χ0v) is 22.8. The van der Waals surface area contributed by atoms with Crippen LogP contribution in [0.2, 0.25) is 5.02 Å². The topological polar surface area (TPSA) is 172 Å². The number of amides is 1. The molecule has 0 aliphatic rings. The fourth-order valence-electron chi connectivity index (χ4n) is 3.55. The highest BCUT2D eigenvalue weighted by molar-refractivity contribution is 7.89. The van der Waals surface area contributed by atoms with Crippen LogP contribution in [0.5, 0.6) is 0 Å². The number of nitrogens with one attached hydrogen (secondary N) is 3. The van der Waals surface area contributed by atoms with E-state index in [1.165, 1.54) is 43.3 Å². The molecule has 2 aromatic carbocycles. The number of nitrogens with zero attached hydrogens (tertiary/aromatic N) is 3. The second-order valence-corrected chi connectivity index (χ2v) is 10.8. The summed E-state index contributed by atoms with van der Waals surface area (Å²) < 4.78 is 62.0. The summed E-state index contributed by atoms with van der Waals surface area (Å²) in [6.45, 7) is 0.0675. The van der Waals surface area contributed by atoms with E-state index in [1.807, 2.05) is 0 Å². The molecule has 2 aromatic heterocycles. The molecule has 0 saturated carbocycles. The molecule has 216 valence electrons. The summed E-state index contributed by atoms with van der Waals surface area (Å²) in [5.41, 5.74) is 2.06. The van der Waals surface area contributed by atoms with Crippen molar-refractivity contribution < 1.29 is 31.5 Å². The van der Waals surface area contributed by atoms with Crippen LogP contribution in [-0.4, -0.2) is 53.2 Å². The largest absolute Gasteiger partial charge is 0.405 e. The molecule has 6 N–H and O–H groups in total. The van der Waals surface area contributed by atoms with Crippen molar-refractivity contribution in [1.82, 2.24) is 15.0 Å². The summed E-state index contributed by atoms with van der Waals surface area (Å²) >= 11 is 6.28. The Balaban J connectivity index is 1.64. The van der Waals surface area contributed by atoms with E-state index >= 15 is 0 Å². The highest BCUT2D eigenvalue weighted by Gasteiger charge is 2.27. The van der Waals surface area contributed by atoms with Gasteiger partial charge < -0.3 is 21.1 Å². The Kier molecular flexibility index (Phi) is 8.63. The number of pyridine rings is 1. The average Bonchev–Trinajstić information content (AvgIpc) is 2.90. The molecule has 41 heavy (non-hydrogen) atoms. The molecule has 16 heteroatoms. The standard InChI is InChI=1S/C25H23ClF3N7O4S/c1-13(37)23(38)34-19-7-4-15(10-17(19)26)18-8-9-20-21(33-18)22(32-12-25(27,28)29)36-24(35-20)31-11-14-2-5-16(6-3-14)41(30,39)40/h2-10,13,37H,11-12H2,1H3,(H,34,38)(H2,30,39,40)(H2,31,32,35,36). The van der Waals surface area contributed by atoms with E-state index in [0.717, 1.165) is 0 Å². The third-order valence-electron chi connectivity index (χ3n) is 5.60. The van der Waals surface area contributed by atoms with E-state index in [9.17, 15) is 31.5 Å². The first-order valence-corrected chi connectivity index (χ1v) is 13.8. The average molecular weight is 610 g/mol. The molecule has 0 saturated heterocycles. The number of aliphatic hydroxyl groups is 1. The third kappa shape index (κ3) is 7.79. The van der Waals surface area contributed by atoms with E-state index in [4.69, 9.17) is 16.7 Å². The lowest BCUT2D eigenvalue weighted by Gasteiger charge is -2.14. The van der Waals surface area contributed by atoms with Crippen LogP contribution in [0.25, 0.3) is 22.3 Å². The highest BCUT2D eigenvalue weighted by atomic mass is 35.5. The minimum absolute atomic E-state index is 0.00787. The number of rotatable bonds is 9. The monoisotopic (exact) mass is 609 g/mol. The van der Waals surface area contributed by atoms with Crippen LogP contribution in [0.3, 0.4) is 0 Å². The van der Waals surface area contributed by atoms with Gasteiger partial charge in [0.05, 0.1) is 26.8 Å². The van der Waals surface area contributed by atoms with Crippen LogP contribution < -0.4 is 21.1 Å². The van der Waals surface area contributed by atoms with Crippen molar-refractivity contribution in [1.29, 1.82) is 0 Å². The zero-order valence-electron chi connectivity index (χ0n) is 21.2. The maximum Gasteiger partial charge on any atom is 0.405 e. The highest BCUT2D eigenvalue weighted by Crippen LogP contribution is 2.31. The molecule has 11 nitrogen and oxygen atoms in total. The van der Waals surface area contributed by atoms with Gasteiger partial charge in [-0.3, -0.25) is 4.79 Å². The Morgan fingerprint density at radius 3 is 2.37 bits per heavy atom. The molecule has 0 radical (unpaired) electrons. The van der Waals surface area contributed by atoms with Crippen molar-refractivity contribution in [2.45, 2.75) is 30.6 Å². The molecule has 2 heterocycles. The van der Waals surface area contributed by atoms with Crippen LogP contribution >= 0.6 is 11.6 Å². The second kappa shape index (κ2) is 11.8. The van der Waals surface area contributed by atoms with Crippen LogP contribution in [-0.2, 0) is 21.4 Å². The van der Waals surface area contributed by atoms with Gasteiger partial charge >= 0.3 is 6.18 Å². The predicted molar refractivity (Wildman–Crippen MR) is 148 cm³/mol. The SMILES string of the molecule is CC(O)C(=O)Nc1ccc(-c2ccc3nc(NCc4ccc(S(N)(=O)=O)cc4)nc(NCC(F)(F)F)c3n2)cc1Cl. The number of primary sulfonamides is 1. The van der Waals surface area contributed by atoms with Crippen molar-refractivity contribution >= 4 is 56.0 Å². The number of aromatic nitrogens is 3. The minimum Gasteiger partial charge on any atom is -0.384 e. The van der Waals surface area contributed by atoms with Crippen LogP contribution in [0, 0.1) is 0 Å². The number of sulfonamides is 1. The van der Waals surface area contributed by atoms with Crippen molar-refractivity contribution in [2.24, 2.45) is 5.14 Å². The first-order chi connectivity index (χ1) is 19.2. The van der Waals surface area contributed by atoms with Gasteiger partial charge in [0.25, 0.3) is 5.91 Å². The number of anilines is 3. The van der Waals surface area contributed by atoms with Gasteiger partial charge in [0, 0.05) is 12.1 Å². The first kappa shape index (κ1) is 29.9. The molecule has 4 rings (SSSR count). The van der Waals surface area contributed by atoms with Gasteiger partial charge in [0.2, 0.25) is 16.0 Å². The molecule has 0 bridgehead atoms. The van der Waals surface area contributed by atoms with Gasteiger partial charge in [-0.2, -0.15) is 18.2 Å². The molecule has 0 fully saturated rings. The number of carbonyl (C=O) groups is 1. The van der Waals surface area contributed by atoms with Gasteiger partial charge in [0.15, 0.2) is 5.82 Å². The molecule has 0 aliphatic carbocycles. The third-order valence-corrected chi connectivity index (χ3v) is 6.85. The minimum atomic E-state index is -4.53. The smallest absolute Gasteiger partial charge is 0.384 e. The Labute approximate surface area is 237 Å². The fourth-order valence-corrected chi connectivity index (χ4v) is 4.30. The Morgan fingerprint density at radius 2 is 1.76 bits per heavy atom. The number of benzene rings is 2. The number of aliphatic hydroxyl groups excluding tert-OH is 1. The van der Waals surface area contributed by atoms with E-state index in [0.29, 0.717) is 16.8 Å². The summed E-state index contributed by atoms with van der Waals surface area (Å²) in [6.07, 6.45) is -5.78. The number of nitrogens with two attached hydrogens (primary N) is 1. The van der Waals surface area contributed by atoms with Gasteiger partial charge in [0.1, 0.15) is 18.2 Å². The van der Waals surface area contributed by atoms with Crippen molar-refractivity contribution in [3.05, 3.63) is 65.2 Å². The van der Waals surface area contributed by atoms with Crippen molar-refractivity contribution in [3.63, 3.8) is 0 Å². The lowest BCUT2D eigenvalue weighted by atomic mass is 10.1. The molecule has 1 amide bonds.